The van der Waals surface area contributed by atoms with E-state index in [2.05, 4.69) is 6.58 Å². The van der Waals surface area contributed by atoms with Gasteiger partial charge in [0.25, 0.3) is 15.9 Å². The van der Waals surface area contributed by atoms with Crippen molar-refractivity contribution in [2.45, 2.75) is 17.9 Å². The van der Waals surface area contributed by atoms with E-state index in [-0.39, 0.29) is 22.0 Å². The molecule has 2 aromatic rings. The Morgan fingerprint density at radius 2 is 1.83 bits per heavy atom. The van der Waals surface area contributed by atoms with Crippen molar-refractivity contribution in [2.24, 2.45) is 5.73 Å². The number of ether oxygens (including phenoxy) is 1. The molecular weight excluding hydrogens is 439 g/mol. The van der Waals surface area contributed by atoms with E-state index in [4.69, 9.17) is 33.7 Å². The first-order chi connectivity index (χ1) is 13.6. The van der Waals surface area contributed by atoms with Crippen LogP contribution < -0.4 is 10.0 Å². The number of hydrogen-bond donors (Lipinski definition) is 1. The number of esters is 1. The van der Waals surface area contributed by atoms with Crippen molar-refractivity contribution in [3.05, 3.63) is 70.7 Å². The molecule has 0 aliphatic heterocycles. The van der Waals surface area contributed by atoms with E-state index in [0.717, 1.165) is 10.4 Å². The molecule has 7 nitrogen and oxygen atoms in total. The highest BCUT2D eigenvalue weighted by Gasteiger charge is 2.27. The number of carbonyl (C=O) groups excluding carboxylic acids is 2. The maximum atomic E-state index is 13.2. The van der Waals surface area contributed by atoms with E-state index in [9.17, 15) is 18.0 Å². The third kappa shape index (κ3) is 5.29. The Balaban J connectivity index is 2.48. The minimum atomic E-state index is -4.09. The monoisotopic (exact) mass is 456 g/mol. The van der Waals surface area contributed by atoms with Crippen LogP contribution in [0.5, 0.6) is 0 Å². The van der Waals surface area contributed by atoms with Crippen LogP contribution in [0.4, 0.5) is 5.69 Å². The van der Waals surface area contributed by atoms with Crippen molar-refractivity contribution >= 4 is 50.8 Å². The average molecular weight is 457 g/mol. The number of sulfonamides is 1. The maximum absolute atomic E-state index is 13.2. The van der Waals surface area contributed by atoms with Gasteiger partial charge in [0, 0.05) is 5.02 Å². The van der Waals surface area contributed by atoms with E-state index in [1.54, 1.807) is 24.3 Å². The Labute approximate surface area is 178 Å². The van der Waals surface area contributed by atoms with Crippen LogP contribution in [0.2, 0.25) is 10.0 Å². The molecule has 0 saturated carbocycles. The van der Waals surface area contributed by atoms with Crippen molar-refractivity contribution in [3.8, 4) is 0 Å². The maximum Gasteiger partial charge on any atom is 0.340 e. The first-order valence-corrected chi connectivity index (χ1v) is 10.5. The molecule has 0 aromatic heterocycles. The quantitative estimate of drug-likeness (QED) is 0.483. The Hall–Kier alpha value is -2.55. The molecule has 0 aliphatic rings. The number of primary amides is 1. The summed E-state index contributed by atoms with van der Waals surface area (Å²) in [5.74, 6) is -1.82. The number of nitrogens with zero attached hydrogens (tertiary/aromatic N) is 1. The zero-order valence-electron chi connectivity index (χ0n) is 15.3. The number of rotatable bonds is 8. The SMILES string of the molecule is C=CCN(c1ccc(Cl)cc1)S(=O)(=O)c1ccc(Cl)c(C(=O)O[C@H](C)C(N)=O)c1. The number of halogens is 2. The Bertz CT molecular complexity index is 1040. The molecule has 2 aromatic carbocycles. The standard InChI is InChI=1S/C19H18Cl2N2O5S/c1-3-10-23(14-6-4-13(20)5-7-14)29(26,27)15-8-9-17(21)16(11-15)19(25)28-12(2)18(22)24/h3-9,11-12H,1,10H2,2H3,(H2,22,24)/t12-/m1/s1. The van der Waals surface area contributed by atoms with Gasteiger partial charge in [-0.1, -0.05) is 29.3 Å². The smallest absolute Gasteiger partial charge is 0.340 e. The van der Waals surface area contributed by atoms with Gasteiger partial charge in [0.2, 0.25) is 0 Å². The number of nitrogens with two attached hydrogens (primary N) is 1. The first-order valence-electron chi connectivity index (χ1n) is 8.27. The fraction of sp³-hybridized carbons (Fsp3) is 0.158. The van der Waals surface area contributed by atoms with Gasteiger partial charge in [-0.25, -0.2) is 13.2 Å². The van der Waals surface area contributed by atoms with Crippen LogP contribution >= 0.6 is 23.2 Å². The molecule has 0 spiro atoms. The predicted molar refractivity (Wildman–Crippen MR) is 112 cm³/mol. The summed E-state index contributed by atoms with van der Waals surface area (Å²) in [5.41, 5.74) is 5.22. The fourth-order valence-corrected chi connectivity index (χ4v) is 4.08. The molecule has 0 heterocycles. The molecule has 2 N–H and O–H groups in total. The highest BCUT2D eigenvalue weighted by atomic mass is 35.5. The molecule has 154 valence electrons. The zero-order valence-corrected chi connectivity index (χ0v) is 17.7. The first kappa shape index (κ1) is 22.7. The molecule has 1 amide bonds. The summed E-state index contributed by atoms with van der Waals surface area (Å²) in [6.45, 7) is 4.86. The van der Waals surface area contributed by atoms with Crippen LogP contribution in [-0.2, 0) is 19.6 Å². The lowest BCUT2D eigenvalue weighted by atomic mass is 10.2. The molecule has 0 aliphatic carbocycles. The number of anilines is 1. The van der Waals surface area contributed by atoms with Gasteiger partial charge in [0.1, 0.15) is 0 Å². The highest BCUT2D eigenvalue weighted by Crippen LogP contribution is 2.28. The second kappa shape index (κ2) is 9.30. The Morgan fingerprint density at radius 1 is 1.21 bits per heavy atom. The molecule has 0 radical (unpaired) electrons. The van der Waals surface area contributed by atoms with Crippen LogP contribution in [-0.4, -0.2) is 32.9 Å². The number of amides is 1. The minimum Gasteiger partial charge on any atom is -0.449 e. The summed E-state index contributed by atoms with van der Waals surface area (Å²) in [7, 11) is -4.09. The van der Waals surface area contributed by atoms with Crippen molar-refractivity contribution in [2.75, 3.05) is 10.8 Å². The zero-order chi connectivity index (χ0) is 21.8. The van der Waals surface area contributed by atoms with Gasteiger partial charge in [-0.15, -0.1) is 6.58 Å². The van der Waals surface area contributed by atoms with Crippen molar-refractivity contribution < 1.29 is 22.7 Å². The number of hydrogen-bond acceptors (Lipinski definition) is 5. The highest BCUT2D eigenvalue weighted by molar-refractivity contribution is 7.92. The summed E-state index contributed by atoms with van der Waals surface area (Å²) in [5, 5.41) is 0.414. The summed E-state index contributed by atoms with van der Waals surface area (Å²) in [6, 6.07) is 9.80. The molecule has 2 rings (SSSR count). The van der Waals surface area contributed by atoms with Crippen LogP contribution in [0.15, 0.2) is 60.0 Å². The molecule has 0 saturated heterocycles. The lowest BCUT2D eigenvalue weighted by Crippen LogP contribution is -2.32. The summed E-state index contributed by atoms with van der Waals surface area (Å²) < 4.78 is 32.4. The lowest BCUT2D eigenvalue weighted by Gasteiger charge is -2.23. The van der Waals surface area contributed by atoms with Crippen LogP contribution in [0, 0.1) is 0 Å². The topological polar surface area (TPSA) is 107 Å². The predicted octanol–water partition coefficient (Wildman–Crippen LogP) is 3.41. The Morgan fingerprint density at radius 3 is 2.38 bits per heavy atom. The van der Waals surface area contributed by atoms with E-state index >= 15 is 0 Å². The summed E-state index contributed by atoms with van der Waals surface area (Å²) >= 11 is 11.9. The van der Waals surface area contributed by atoms with Gasteiger partial charge in [0.05, 0.1) is 27.7 Å². The summed E-state index contributed by atoms with van der Waals surface area (Å²) in [6.07, 6.45) is 0.219. The molecule has 10 heteroatoms. The molecule has 0 fully saturated rings. The Kier molecular flexibility index (Phi) is 7.29. The van der Waals surface area contributed by atoms with Crippen molar-refractivity contribution in [1.29, 1.82) is 0 Å². The van der Waals surface area contributed by atoms with Crippen LogP contribution in [0.1, 0.15) is 17.3 Å². The number of carbonyl (C=O) groups is 2. The second-order valence-corrected chi connectivity index (χ2v) is 8.60. The van der Waals surface area contributed by atoms with Gasteiger partial charge in [-0.05, 0) is 49.4 Å². The molecule has 1 atom stereocenters. The van der Waals surface area contributed by atoms with Gasteiger partial charge >= 0.3 is 5.97 Å². The van der Waals surface area contributed by atoms with Gasteiger partial charge in [-0.2, -0.15) is 0 Å². The van der Waals surface area contributed by atoms with Gasteiger partial charge in [-0.3, -0.25) is 9.10 Å². The largest absolute Gasteiger partial charge is 0.449 e. The minimum absolute atomic E-state index is 0.0227. The van der Waals surface area contributed by atoms with Gasteiger partial charge < -0.3 is 10.5 Å². The van der Waals surface area contributed by atoms with E-state index in [1.165, 1.54) is 25.1 Å². The molecule has 0 unspecified atom stereocenters. The van der Waals surface area contributed by atoms with E-state index in [0.29, 0.717) is 10.7 Å². The van der Waals surface area contributed by atoms with Crippen LogP contribution in [0.3, 0.4) is 0 Å². The summed E-state index contributed by atoms with van der Waals surface area (Å²) in [4.78, 5) is 23.2. The van der Waals surface area contributed by atoms with Crippen LogP contribution in [0.25, 0.3) is 0 Å². The average Bonchev–Trinajstić information content (AvgIpc) is 2.66. The molecule has 29 heavy (non-hydrogen) atoms. The fourth-order valence-electron chi connectivity index (χ4n) is 2.30. The lowest BCUT2D eigenvalue weighted by molar-refractivity contribution is -0.125. The van der Waals surface area contributed by atoms with Crippen molar-refractivity contribution in [1.82, 2.24) is 0 Å². The molecular formula is C19H18Cl2N2O5S. The third-order valence-corrected chi connectivity index (χ3v) is 6.21. The van der Waals surface area contributed by atoms with E-state index in [1.807, 2.05) is 0 Å². The normalized spacial score (nSPS) is 12.1. The third-order valence-electron chi connectivity index (χ3n) is 3.84. The molecule has 0 bridgehead atoms. The van der Waals surface area contributed by atoms with Crippen molar-refractivity contribution in [3.63, 3.8) is 0 Å². The number of benzene rings is 2. The second-order valence-electron chi connectivity index (χ2n) is 5.89. The van der Waals surface area contributed by atoms with E-state index < -0.39 is 28.0 Å². The van der Waals surface area contributed by atoms with Gasteiger partial charge in [0.15, 0.2) is 6.10 Å².